The highest BCUT2D eigenvalue weighted by Gasteiger charge is 2.49. The summed E-state index contributed by atoms with van der Waals surface area (Å²) >= 11 is 0. The van der Waals surface area contributed by atoms with Gasteiger partial charge in [0.25, 0.3) is 5.92 Å². The number of benzene rings is 2. The first-order valence-electron chi connectivity index (χ1n) is 8.01. The molecule has 0 fully saturated rings. The average Bonchev–Trinajstić information content (AvgIpc) is 2.82. The molecule has 0 aromatic heterocycles. The van der Waals surface area contributed by atoms with Crippen molar-refractivity contribution in [3.63, 3.8) is 0 Å². The molecule has 2 aromatic rings. The molecule has 4 N–H and O–H groups in total. The number of aliphatic carboxylic acids is 1. The summed E-state index contributed by atoms with van der Waals surface area (Å²) in [6.45, 7) is 0. The van der Waals surface area contributed by atoms with E-state index in [2.05, 4.69) is 0 Å². The molecular formula is C19H19F2NO3. The van der Waals surface area contributed by atoms with Gasteiger partial charge in [0.2, 0.25) is 0 Å². The van der Waals surface area contributed by atoms with Crippen LogP contribution >= 0.6 is 0 Å². The summed E-state index contributed by atoms with van der Waals surface area (Å²) in [4.78, 5) is 11.1. The van der Waals surface area contributed by atoms with Crippen LogP contribution in [0.25, 0.3) is 10.8 Å². The van der Waals surface area contributed by atoms with Gasteiger partial charge in [-0.2, -0.15) is 8.78 Å². The Bertz CT molecular complexity index is 816. The van der Waals surface area contributed by atoms with Crippen LogP contribution < -0.4 is 5.73 Å². The fourth-order valence-corrected chi connectivity index (χ4v) is 3.61. The minimum atomic E-state index is -3.35. The Labute approximate surface area is 143 Å². The summed E-state index contributed by atoms with van der Waals surface area (Å²) in [6, 6.07) is 11.9. The van der Waals surface area contributed by atoms with Crippen molar-refractivity contribution in [2.45, 2.75) is 30.4 Å². The second-order valence-corrected chi connectivity index (χ2v) is 6.41. The van der Waals surface area contributed by atoms with Crippen LogP contribution in [-0.4, -0.2) is 34.3 Å². The van der Waals surface area contributed by atoms with Gasteiger partial charge in [0, 0.05) is 17.9 Å². The lowest BCUT2D eigenvalue weighted by Crippen LogP contribution is -2.42. The maximum Gasteiger partial charge on any atom is 0.304 e. The van der Waals surface area contributed by atoms with Crippen LogP contribution in [0.15, 0.2) is 54.6 Å². The molecule has 4 atom stereocenters. The highest BCUT2D eigenvalue weighted by atomic mass is 19.3. The van der Waals surface area contributed by atoms with Crippen molar-refractivity contribution in [3.8, 4) is 0 Å². The van der Waals surface area contributed by atoms with Gasteiger partial charge in [-0.25, -0.2) is 0 Å². The third kappa shape index (κ3) is 3.27. The van der Waals surface area contributed by atoms with E-state index >= 15 is 0 Å². The maximum absolute atomic E-state index is 13.8. The predicted molar refractivity (Wildman–Crippen MR) is 90.5 cm³/mol. The van der Waals surface area contributed by atoms with Crippen LogP contribution in [0.3, 0.4) is 0 Å². The molecule has 25 heavy (non-hydrogen) atoms. The topological polar surface area (TPSA) is 83.6 Å². The number of alkyl halides is 2. The first kappa shape index (κ1) is 17.5. The van der Waals surface area contributed by atoms with Gasteiger partial charge in [-0.1, -0.05) is 48.5 Å². The molecule has 0 heterocycles. The van der Waals surface area contributed by atoms with Gasteiger partial charge in [-0.15, -0.1) is 0 Å². The van der Waals surface area contributed by atoms with Crippen LogP contribution in [0.5, 0.6) is 0 Å². The Hall–Kier alpha value is -2.31. The number of carboxylic acid groups (broad SMARTS) is 1. The van der Waals surface area contributed by atoms with Gasteiger partial charge in [0.15, 0.2) is 0 Å². The van der Waals surface area contributed by atoms with E-state index in [1.165, 1.54) is 6.08 Å². The summed E-state index contributed by atoms with van der Waals surface area (Å²) in [6.07, 6.45) is -0.389. The van der Waals surface area contributed by atoms with E-state index in [9.17, 15) is 18.7 Å². The van der Waals surface area contributed by atoms with Crippen molar-refractivity contribution in [2.24, 2.45) is 11.7 Å². The molecule has 0 aliphatic heterocycles. The summed E-state index contributed by atoms with van der Waals surface area (Å²) in [5, 5.41) is 20.9. The lowest BCUT2D eigenvalue weighted by molar-refractivity contribution is -0.137. The minimum absolute atomic E-state index is 0.378. The fourth-order valence-electron chi connectivity index (χ4n) is 3.61. The Morgan fingerprint density at radius 2 is 1.88 bits per heavy atom. The first-order valence-corrected chi connectivity index (χ1v) is 8.01. The van der Waals surface area contributed by atoms with E-state index in [0.29, 0.717) is 11.6 Å². The van der Waals surface area contributed by atoms with Gasteiger partial charge >= 0.3 is 5.97 Å². The third-order valence-electron chi connectivity index (χ3n) is 4.77. The second kappa shape index (κ2) is 6.54. The highest BCUT2D eigenvalue weighted by Crippen LogP contribution is 2.44. The lowest BCUT2D eigenvalue weighted by Gasteiger charge is -2.32. The number of halogens is 2. The van der Waals surface area contributed by atoms with Crippen molar-refractivity contribution >= 4 is 16.7 Å². The molecule has 0 spiro atoms. The van der Waals surface area contributed by atoms with Gasteiger partial charge in [0.05, 0.1) is 6.42 Å². The molecule has 4 nitrogen and oxygen atoms in total. The van der Waals surface area contributed by atoms with E-state index in [0.717, 1.165) is 10.8 Å². The van der Waals surface area contributed by atoms with Crippen molar-refractivity contribution in [3.05, 3.63) is 60.2 Å². The van der Waals surface area contributed by atoms with E-state index in [4.69, 9.17) is 10.8 Å². The van der Waals surface area contributed by atoms with Crippen LogP contribution in [0.2, 0.25) is 0 Å². The number of carbonyl (C=O) groups is 1. The van der Waals surface area contributed by atoms with E-state index < -0.39 is 35.9 Å². The van der Waals surface area contributed by atoms with Crippen LogP contribution in [0.4, 0.5) is 8.78 Å². The summed E-state index contributed by atoms with van der Waals surface area (Å²) < 4.78 is 27.6. The SMILES string of the molecule is NC(CC(=O)O)C(c1cccc2ccccc12)C1C=CC(F)(F)C1O. The zero-order valence-corrected chi connectivity index (χ0v) is 13.3. The van der Waals surface area contributed by atoms with Crippen LogP contribution in [0, 0.1) is 5.92 Å². The molecule has 1 aliphatic carbocycles. The van der Waals surface area contributed by atoms with Gasteiger partial charge in [-0.3, -0.25) is 4.79 Å². The number of rotatable bonds is 5. The van der Waals surface area contributed by atoms with Gasteiger partial charge in [0.1, 0.15) is 6.10 Å². The highest BCUT2D eigenvalue weighted by molar-refractivity contribution is 5.86. The normalized spacial score (nSPS) is 24.3. The molecule has 6 heteroatoms. The predicted octanol–water partition coefficient (Wildman–Crippen LogP) is 2.91. The number of nitrogens with two attached hydrogens (primary N) is 1. The van der Waals surface area contributed by atoms with E-state index in [-0.39, 0.29) is 6.42 Å². The second-order valence-electron chi connectivity index (χ2n) is 6.41. The van der Waals surface area contributed by atoms with Gasteiger partial charge in [-0.05, 0) is 22.4 Å². The molecule has 0 amide bonds. The number of carboxylic acids is 1. The Kier molecular flexibility index (Phi) is 4.58. The molecule has 0 saturated heterocycles. The Morgan fingerprint density at radius 1 is 1.20 bits per heavy atom. The van der Waals surface area contributed by atoms with Crippen molar-refractivity contribution in [1.82, 2.24) is 0 Å². The van der Waals surface area contributed by atoms with Crippen LogP contribution in [-0.2, 0) is 4.79 Å². The Balaban J connectivity index is 2.11. The molecular weight excluding hydrogens is 328 g/mol. The molecule has 3 rings (SSSR count). The molecule has 0 bridgehead atoms. The fraction of sp³-hybridized carbons (Fsp3) is 0.316. The zero-order valence-electron chi connectivity index (χ0n) is 13.3. The van der Waals surface area contributed by atoms with E-state index in [1.807, 2.05) is 30.3 Å². The largest absolute Gasteiger partial charge is 0.481 e. The molecule has 1 aliphatic rings. The smallest absolute Gasteiger partial charge is 0.304 e. The quantitative estimate of drug-likeness (QED) is 0.726. The maximum atomic E-state index is 13.8. The Morgan fingerprint density at radius 3 is 2.52 bits per heavy atom. The van der Waals surface area contributed by atoms with Crippen molar-refractivity contribution in [1.29, 1.82) is 0 Å². The molecule has 2 aromatic carbocycles. The summed E-state index contributed by atoms with van der Waals surface area (Å²) in [5.74, 6) is -6.17. The standard InChI is InChI=1S/C19H19F2NO3/c20-19(21)9-8-14(18(19)25)17(15(22)10-16(23)24)13-7-3-5-11-4-1-2-6-12(11)13/h1-9,14-15,17-18,25H,10,22H2,(H,23,24). The summed E-state index contributed by atoms with van der Waals surface area (Å²) in [5.41, 5.74) is 6.77. The lowest BCUT2D eigenvalue weighted by atomic mass is 9.76. The first-order chi connectivity index (χ1) is 11.8. The van der Waals surface area contributed by atoms with Crippen LogP contribution in [0.1, 0.15) is 17.9 Å². The molecule has 4 unspecified atom stereocenters. The molecule has 0 radical (unpaired) electrons. The number of aliphatic hydroxyl groups is 1. The van der Waals surface area contributed by atoms with E-state index in [1.54, 1.807) is 12.1 Å². The van der Waals surface area contributed by atoms with Gasteiger partial charge < -0.3 is 15.9 Å². The molecule has 0 saturated carbocycles. The number of aliphatic hydroxyl groups excluding tert-OH is 1. The molecule has 132 valence electrons. The number of hydrogen-bond donors (Lipinski definition) is 3. The zero-order chi connectivity index (χ0) is 18.2. The number of hydrogen-bond acceptors (Lipinski definition) is 3. The average molecular weight is 347 g/mol. The van der Waals surface area contributed by atoms with Crippen molar-refractivity contribution < 1.29 is 23.8 Å². The minimum Gasteiger partial charge on any atom is -0.481 e. The van der Waals surface area contributed by atoms with Crippen molar-refractivity contribution in [2.75, 3.05) is 0 Å². The number of fused-ring (bicyclic) bond motifs is 1. The third-order valence-corrected chi connectivity index (χ3v) is 4.77. The monoisotopic (exact) mass is 347 g/mol. The summed E-state index contributed by atoms with van der Waals surface area (Å²) in [7, 11) is 0.